The molecule has 3 N–H and O–H groups in total. The highest BCUT2D eigenvalue weighted by molar-refractivity contribution is 7.80. The Labute approximate surface area is 167 Å². The van der Waals surface area contributed by atoms with E-state index in [2.05, 4.69) is 22.9 Å². The molecule has 0 bridgehead atoms. The highest BCUT2D eigenvalue weighted by atomic mass is 32.1. The lowest BCUT2D eigenvalue weighted by molar-refractivity contribution is -0.119. The molecule has 6 heteroatoms. The zero-order valence-corrected chi connectivity index (χ0v) is 17.0. The number of anilines is 1. The van der Waals surface area contributed by atoms with E-state index in [1.165, 1.54) is 19.3 Å². The van der Waals surface area contributed by atoms with Crippen LogP contribution in [0.5, 0.6) is 0 Å². The monoisotopic (exact) mass is 389 g/mol. The number of nitrogens with one attached hydrogen (secondary N) is 3. The summed E-state index contributed by atoms with van der Waals surface area (Å²) >= 11 is 5.25. The van der Waals surface area contributed by atoms with E-state index >= 15 is 0 Å². The molecule has 0 aromatic heterocycles. The minimum absolute atomic E-state index is 0.0901. The quantitative estimate of drug-likeness (QED) is 0.451. The van der Waals surface area contributed by atoms with Crippen LogP contribution in [0.1, 0.15) is 81.5 Å². The van der Waals surface area contributed by atoms with Gasteiger partial charge in [-0.05, 0) is 43.6 Å². The maximum absolute atomic E-state index is 12.7. The first-order valence-electron chi connectivity index (χ1n) is 10.1. The summed E-state index contributed by atoms with van der Waals surface area (Å²) in [5, 5.41) is 9.05. The van der Waals surface area contributed by atoms with Gasteiger partial charge in [0.25, 0.3) is 5.91 Å². The number of rotatable bonds is 8. The maximum Gasteiger partial charge on any atom is 0.253 e. The Balaban J connectivity index is 1.87. The lowest BCUT2D eigenvalue weighted by atomic mass is 9.95. The number of para-hydroxylation sites is 1. The molecule has 1 aliphatic carbocycles. The number of carbonyl (C=O) groups is 2. The fourth-order valence-electron chi connectivity index (χ4n) is 3.36. The van der Waals surface area contributed by atoms with E-state index in [9.17, 15) is 9.59 Å². The van der Waals surface area contributed by atoms with Crippen LogP contribution in [0.15, 0.2) is 24.3 Å². The molecule has 0 saturated heterocycles. The molecular formula is C21H31N3O2S. The van der Waals surface area contributed by atoms with Crippen LogP contribution in [-0.2, 0) is 4.79 Å². The second-order valence-corrected chi connectivity index (χ2v) is 7.58. The topological polar surface area (TPSA) is 70.2 Å². The second kappa shape index (κ2) is 11.7. The van der Waals surface area contributed by atoms with E-state index in [4.69, 9.17) is 12.2 Å². The van der Waals surface area contributed by atoms with Crippen LogP contribution in [0.25, 0.3) is 0 Å². The average Bonchev–Trinajstić information content (AvgIpc) is 2.66. The molecule has 1 aromatic carbocycles. The van der Waals surface area contributed by atoms with Crippen LogP contribution in [0, 0.1) is 0 Å². The van der Waals surface area contributed by atoms with E-state index in [0.717, 1.165) is 38.5 Å². The van der Waals surface area contributed by atoms with Gasteiger partial charge in [-0.25, -0.2) is 0 Å². The SMILES string of the molecule is CCCCCCC(=O)NC(=S)Nc1ccccc1C(=O)NC1CCCCC1. The third-order valence-electron chi connectivity index (χ3n) is 4.87. The highest BCUT2D eigenvalue weighted by Gasteiger charge is 2.19. The average molecular weight is 390 g/mol. The molecule has 0 unspecified atom stereocenters. The fraction of sp³-hybridized carbons (Fsp3) is 0.571. The van der Waals surface area contributed by atoms with Gasteiger partial charge in [0.1, 0.15) is 0 Å². The maximum atomic E-state index is 12.7. The molecule has 0 heterocycles. The van der Waals surface area contributed by atoms with Crippen molar-refractivity contribution in [2.24, 2.45) is 0 Å². The van der Waals surface area contributed by atoms with Crippen LogP contribution in [0.4, 0.5) is 5.69 Å². The van der Waals surface area contributed by atoms with Crippen molar-refractivity contribution in [2.45, 2.75) is 77.2 Å². The first kappa shape index (κ1) is 21.4. The summed E-state index contributed by atoms with van der Waals surface area (Å²) in [6.45, 7) is 2.14. The van der Waals surface area contributed by atoms with E-state index in [0.29, 0.717) is 17.7 Å². The van der Waals surface area contributed by atoms with Crippen LogP contribution in [0.3, 0.4) is 0 Å². The van der Waals surface area contributed by atoms with Gasteiger partial charge in [0, 0.05) is 12.5 Å². The summed E-state index contributed by atoms with van der Waals surface area (Å²) in [4.78, 5) is 24.6. The minimum Gasteiger partial charge on any atom is -0.349 e. The third-order valence-corrected chi connectivity index (χ3v) is 5.07. The summed E-state index contributed by atoms with van der Waals surface area (Å²) in [5.41, 5.74) is 1.16. The summed E-state index contributed by atoms with van der Waals surface area (Å²) in [6.07, 6.45) is 10.3. The third kappa shape index (κ3) is 7.67. The number of thiocarbonyl (C=S) groups is 1. The summed E-state index contributed by atoms with van der Waals surface area (Å²) < 4.78 is 0. The molecule has 148 valence electrons. The van der Waals surface area contributed by atoms with Crippen molar-refractivity contribution in [3.63, 3.8) is 0 Å². The van der Waals surface area contributed by atoms with Crippen LogP contribution < -0.4 is 16.0 Å². The number of carbonyl (C=O) groups excluding carboxylic acids is 2. The molecule has 27 heavy (non-hydrogen) atoms. The van der Waals surface area contributed by atoms with Crippen molar-refractivity contribution in [1.29, 1.82) is 0 Å². The molecule has 1 aliphatic rings. The van der Waals surface area contributed by atoms with E-state index in [1.807, 2.05) is 12.1 Å². The Morgan fingerprint density at radius 1 is 1.07 bits per heavy atom. The Kier molecular flexibility index (Phi) is 9.25. The van der Waals surface area contributed by atoms with Gasteiger partial charge in [-0.3, -0.25) is 9.59 Å². The fourth-order valence-corrected chi connectivity index (χ4v) is 3.58. The summed E-state index contributed by atoms with van der Waals surface area (Å²) in [5.74, 6) is -0.188. The molecule has 1 aromatic rings. The number of unbranched alkanes of at least 4 members (excludes halogenated alkanes) is 3. The van der Waals surface area contributed by atoms with Crippen LogP contribution in [-0.4, -0.2) is 23.0 Å². The van der Waals surface area contributed by atoms with Crippen LogP contribution in [0.2, 0.25) is 0 Å². The molecular weight excluding hydrogens is 358 g/mol. The lowest BCUT2D eigenvalue weighted by Gasteiger charge is -2.23. The number of hydrogen-bond acceptors (Lipinski definition) is 3. The molecule has 0 spiro atoms. The van der Waals surface area contributed by atoms with Crippen molar-refractivity contribution in [1.82, 2.24) is 10.6 Å². The normalized spacial score (nSPS) is 14.4. The van der Waals surface area contributed by atoms with E-state index in [1.54, 1.807) is 12.1 Å². The summed E-state index contributed by atoms with van der Waals surface area (Å²) in [7, 11) is 0. The number of hydrogen-bond donors (Lipinski definition) is 3. The standard InChI is InChI=1S/C21H31N3O2S/c1-2-3-4-8-15-19(25)24-21(27)23-18-14-10-9-13-17(18)20(26)22-16-11-6-5-7-12-16/h9-10,13-14,16H,2-8,11-12,15H2,1H3,(H,22,26)(H2,23,24,25,27). The minimum atomic E-state index is -0.0984. The van der Waals surface area contributed by atoms with Gasteiger partial charge in [0.05, 0.1) is 11.3 Å². The van der Waals surface area contributed by atoms with E-state index in [-0.39, 0.29) is 23.0 Å². The first-order chi connectivity index (χ1) is 13.1. The Hall–Kier alpha value is -1.95. The van der Waals surface area contributed by atoms with Crippen molar-refractivity contribution in [3.05, 3.63) is 29.8 Å². The van der Waals surface area contributed by atoms with Gasteiger partial charge in [-0.1, -0.05) is 57.6 Å². The van der Waals surface area contributed by atoms with Crippen molar-refractivity contribution >= 4 is 34.8 Å². The Morgan fingerprint density at radius 2 is 1.81 bits per heavy atom. The molecule has 2 rings (SSSR count). The van der Waals surface area contributed by atoms with Gasteiger partial charge in [0.15, 0.2) is 5.11 Å². The molecule has 5 nitrogen and oxygen atoms in total. The smallest absolute Gasteiger partial charge is 0.253 e. The molecule has 0 radical (unpaired) electrons. The number of amides is 2. The molecule has 1 saturated carbocycles. The van der Waals surface area contributed by atoms with Gasteiger partial charge in [-0.15, -0.1) is 0 Å². The van der Waals surface area contributed by atoms with Crippen molar-refractivity contribution < 1.29 is 9.59 Å². The summed E-state index contributed by atoms with van der Waals surface area (Å²) in [6, 6.07) is 7.49. The van der Waals surface area contributed by atoms with Gasteiger partial charge < -0.3 is 16.0 Å². The van der Waals surface area contributed by atoms with E-state index < -0.39 is 0 Å². The van der Waals surface area contributed by atoms with Crippen molar-refractivity contribution in [2.75, 3.05) is 5.32 Å². The predicted molar refractivity (Wildman–Crippen MR) is 114 cm³/mol. The van der Waals surface area contributed by atoms with Gasteiger partial charge in [-0.2, -0.15) is 0 Å². The van der Waals surface area contributed by atoms with Crippen molar-refractivity contribution in [3.8, 4) is 0 Å². The molecule has 0 atom stereocenters. The van der Waals surface area contributed by atoms with Gasteiger partial charge >= 0.3 is 0 Å². The Morgan fingerprint density at radius 3 is 2.56 bits per heavy atom. The first-order valence-corrected chi connectivity index (χ1v) is 10.5. The zero-order valence-electron chi connectivity index (χ0n) is 16.2. The number of benzene rings is 1. The Bertz CT molecular complexity index is 642. The molecule has 0 aliphatic heterocycles. The molecule has 1 fully saturated rings. The second-order valence-electron chi connectivity index (χ2n) is 7.17. The van der Waals surface area contributed by atoms with Gasteiger partial charge in [0.2, 0.25) is 5.91 Å². The molecule has 2 amide bonds. The highest BCUT2D eigenvalue weighted by Crippen LogP contribution is 2.20. The lowest BCUT2D eigenvalue weighted by Crippen LogP contribution is -2.37. The predicted octanol–water partition coefficient (Wildman–Crippen LogP) is 4.53. The largest absolute Gasteiger partial charge is 0.349 e. The zero-order chi connectivity index (χ0) is 19.5. The van der Waals surface area contributed by atoms with Crippen LogP contribution >= 0.6 is 12.2 Å².